The smallest absolute Gasteiger partial charge is 0.141 e. The Morgan fingerprint density at radius 3 is 2.73 bits per heavy atom. The first-order valence-corrected chi connectivity index (χ1v) is 11.2. The van der Waals surface area contributed by atoms with Gasteiger partial charge >= 0.3 is 0 Å². The van der Waals surface area contributed by atoms with Crippen LogP contribution in [0.4, 0.5) is 4.39 Å². The van der Waals surface area contributed by atoms with E-state index in [-0.39, 0.29) is 11.6 Å². The molecule has 6 heteroatoms. The average Bonchev–Trinajstić information content (AvgIpc) is 3.35. The van der Waals surface area contributed by atoms with Crippen LogP contribution in [0, 0.1) is 24.1 Å². The number of hydrogen-bond acceptors (Lipinski definition) is 4. The second-order valence-corrected chi connectivity index (χ2v) is 8.94. The fourth-order valence-corrected chi connectivity index (χ4v) is 4.80. The minimum absolute atomic E-state index is 0.0371. The van der Waals surface area contributed by atoms with Crippen LogP contribution in [-0.4, -0.2) is 33.6 Å². The highest BCUT2D eigenvalue weighted by Gasteiger charge is 2.22. The van der Waals surface area contributed by atoms with Crippen LogP contribution in [-0.2, 0) is 13.6 Å². The molecular formula is C27H26FN5. The Morgan fingerprint density at radius 2 is 2.03 bits per heavy atom. The molecule has 1 aliphatic heterocycles. The molecule has 1 saturated heterocycles. The van der Waals surface area contributed by atoms with Crippen molar-refractivity contribution in [2.75, 3.05) is 13.1 Å². The molecule has 33 heavy (non-hydrogen) atoms. The number of aryl methyl sites for hydroxylation is 2. The minimum Gasteiger partial charge on any atom is -0.345 e. The lowest BCUT2D eigenvalue weighted by Gasteiger charge is -2.15. The van der Waals surface area contributed by atoms with Gasteiger partial charge in [-0.1, -0.05) is 29.8 Å². The Balaban J connectivity index is 1.72. The molecule has 1 fully saturated rings. The third kappa shape index (κ3) is 3.91. The van der Waals surface area contributed by atoms with Gasteiger partial charge in [0, 0.05) is 54.9 Å². The van der Waals surface area contributed by atoms with Crippen LogP contribution in [0.15, 0.2) is 54.7 Å². The summed E-state index contributed by atoms with van der Waals surface area (Å²) in [6.45, 7) is 4.73. The van der Waals surface area contributed by atoms with Gasteiger partial charge in [0.05, 0.1) is 23.0 Å². The maximum atomic E-state index is 14.7. The number of aromatic nitrogens is 2. The Labute approximate surface area is 192 Å². The van der Waals surface area contributed by atoms with Crippen LogP contribution in [0.25, 0.3) is 33.3 Å². The molecule has 1 aliphatic rings. The lowest BCUT2D eigenvalue weighted by atomic mass is 9.95. The predicted molar refractivity (Wildman–Crippen MR) is 129 cm³/mol. The molecule has 4 aromatic rings. The van der Waals surface area contributed by atoms with E-state index in [2.05, 4.69) is 21.6 Å². The Morgan fingerprint density at radius 1 is 1.18 bits per heavy atom. The molecule has 0 bridgehead atoms. The number of pyridine rings is 1. The van der Waals surface area contributed by atoms with Gasteiger partial charge in [0.2, 0.25) is 0 Å². The van der Waals surface area contributed by atoms with Crippen molar-refractivity contribution in [3.8, 4) is 28.5 Å². The fraction of sp³-hybridized carbons (Fsp3) is 0.259. The van der Waals surface area contributed by atoms with Crippen molar-refractivity contribution in [1.29, 1.82) is 5.26 Å². The molecule has 0 unspecified atom stereocenters. The van der Waals surface area contributed by atoms with E-state index >= 15 is 0 Å². The molecule has 2 aromatic heterocycles. The lowest BCUT2D eigenvalue weighted by Crippen LogP contribution is -2.26. The van der Waals surface area contributed by atoms with Crippen molar-refractivity contribution in [2.45, 2.75) is 25.9 Å². The van der Waals surface area contributed by atoms with E-state index in [9.17, 15) is 9.65 Å². The third-order valence-electron chi connectivity index (χ3n) is 6.57. The van der Waals surface area contributed by atoms with Crippen molar-refractivity contribution in [3.63, 3.8) is 0 Å². The summed E-state index contributed by atoms with van der Waals surface area (Å²) in [5.74, 6) is -0.524. The highest BCUT2D eigenvalue weighted by molar-refractivity contribution is 6.02. The standard InChI is InChI=1S/C27H26FN5/c1-17-4-3-5-19(10-17)27-26(18-6-7-20(13-29)24(28)11-18)23-12-22(32(2)25(23)14-31-27)16-33-9-8-21(30)15-33/h3-7,10-12,14,21H,8-9,15-16,30H2,1-2H3/t21-/m0/s1. The van der Waals surface area contributed by atoms with Crippen LogP contribution in [0.1, 0.15) is 23.2 Å². The van der Waals surface area contributed by atoms with Gasteiger partial charge in [-0.15, -0.1) is 0 Å². The van der Waals surface area contributed by atoms with E-state index in [1.165, 1.54) is 6.07 Å². The molecule has 0 spiro atoms. The first-order chi connectivity index (χ1) is 15.9. The summed E-state index contributed by atoms with van der Waals surface area (Å²) in [5, 5.41) is 10.2. The quantitative estimate of drug-likeness (QED) is 0.498. The molecule has 2 aromatic carbocycles. The van der Waals surface area contributed by atoms with E-state index < -0.39 is 5.82 Å². The first kappa shape index (κ1) is 21.3. The fourth-order valence-electron chi connectivity index (χ4n) is 4.80. The van der Waals surface area contributed by atoms with Crippen LogP contribution < -0.4 is 5.73 Å². The SMILES string of the molecule is Cc1cccc(-c2ncc3c(cc(CN4CC[C@H](N)C4)n3C)c2-c2ccc(C#N)c(F)c2)c1. The lowest BCUT2D eigenvalue weighted by molar-refractivity contribution is 0.319. The number of nitrogens with two attached hydrogens (primary N) is 1. The van der Waals surface area contributed by atoms with E-state index in [0.29, 0.717) is 5.56 Å². The number of likely N-dealkylation sites (tertiary alicyclic amines) is 1. The maximum absolute atomic E-state index is 14.7. The summed E-state index contributed by atoms with van der Waals surface area (Å²) in [6, 6.07) is 17.3. The first-order valence-electron chi connectivity index (χ1n) is 11.2. The highest BCUT2D eigenvalue weighted by Crippen LogP contribution is 2.38. The Hall–Kier alpha value is -3.53. The predicted octanol–water partition coefficient (Wildman–Crippen LogP) is 4.76. The largest absolute Gasteiger partial charge is 0.345 e. The van der Waals surface area contributed by atoms with E-state index in [0.717, 1.165) is 65.0 Å². The highest BCUT2D eigenvalue weighted by atomic mass is 19.1. The Kier molecular flexibility index (Phi) is 5.45. The van der Waals surface area contributed by atoms with Gasteiger partial charge < -0.3 is 10.3 Å². The van der Waals surface area contributed by atoms with Crippen LogP contribution in [0.3, 0.4) is 0 Å². The minimum atomic E-state index is -0.524. The molecule has 2 N–H and O–H groups in total. The van der Waals surface area contributed by atoms with Crippen molar-refractivity contribution in [1.82, 2.24) is 14.5 Å². The zero-order valence-corrected chi connectivity index (χ0v) is 18.8. The summed E-state index contributed by atoms with van der Waals surface area (Å²) >= 11 is 0. The van der Waals surface area contributed by atoms with Crippen LogP contribution in [0.2, 0.25) is 0 Å². The summed E-state index contributed by atoms with van der Waals surface area (Å²) in [7, 11) is 2.05. The van der Waals surface area contributed by atoms with Gasteiger partial charge in [0.15, 0.2) is 0 Å². The number of rotatable bonds is 4. The molecule has 0 aliphatic carbocycles. The summed E-state index contributed by atoms with van der Waals surface area (Å²) < 4.78 is 16.8. The Bertz CT molecular complexity index is 1400. The number of hydrogen-bond donors (Lipinski definition) is 1. The maximum Gasteiger partial charge on any atom is 0.141 e. The summed E-state index contributed by atoms with van der Waals surface area (Å²) in [6.07, 6.45) is 2.91. The number of fused-ring (bicyclic) bond motifs is 1. The normalized spacial score (nSPS) is 16.4. The van der Waals surface area contributed by atoms with Gasteiger partial charge in [0.1, 0.15) is 11.9 Å². The second kappa shape index (κ2) is 8.43. The molecule has 5 nitrogen and oxygen atoms in total. The number of benzene rings is 2. The van der Waals surface area contributed by atoms with Crippen molar-refractivity contribution >= 4 is 10.9 Å². The van der Waals surface area contributed by atoms with Gasteiger partial charge in [-0.05, 0) is 43.2 Å². The van der Waals surface area contributed by atoms with E-state index in [1.807, 2.05) is 50.5 Å². The molecule has 166 valence electrons. The van der Waals surface area contributed by atoms with Gasteiger partial charge in [-0.3, -0.25) is 9.88 Å². The monoisotopic (exact) mass is 439 g/mol. The molecule has 5 rings (SSSR count). The second-order valence-electron chi connectivity index (χ2n) is 8.94. The van der Waals surface area contributed by atoms with Crippen LogP contribution >= 0.6 is 0 Å². The third-order valence-corrected chi connectivity index (χ3v) is 6.57. The molecule has 0 saturated carbocycles. The van der Waals surface area contributed by atoms with Crippen molar-refractivity contribution in [2.24, 2.45) is 12.8 Å². The number of nitrogens with zero attached hydrogens (tertiary/aromatic N) is 4. The molecule has 0 radical (unpaired) electrons. The number of halogens is 1. The molecular weight excluding hydrogens is 413 g/mol. The van der Waals surface area contributed by atoms with Gasteiger partial charge in [-0.25, -0.2) is 4.39 Å². The van der Waals surface area contributed by atoms with E-state index in [1.54, 1.807) is 6.07 Å². The van der Waals surface area contributed by atoms with Crippen LogP contribution in [0.5, 0.6) is 0 Å². The van der Waals surface area contributed by atoms with E-state index in [4.69, 9.17) is 10.7 Å². The summed E-state index contributed by atoms with van der Waals surface area (Å²) in [4.78, 5) is 7.21. The molecule has 1 atom stereocenters. The van der Waals surface area contributed by atoms with Gasteiger partial charge in [0.25, 0.3) is 0 Å². The summed E-state index contributed by atoms with van der Waals surface area (Å²) in [5.41, 5.74) is 12.8. The average molecular weight is 440 g/mol. The van der Waals surface area contributed by atoms with Crippen molar-refractivity contribution in [3.05, 3.63) is 77.4 Å². The van der Waals surface area contributed by atoms with Crippen molar-refractivity contribution < 1.29 is 4.39 Å². The zero-order valence-electron chi connectivity index (χ0n) is 18.8. The number of nitriles is 1. The molecule has 0 amide bonds. The zero-order chi connectivity index (χ0) is 23.1. The molecule has 3 heterocycles. The topological polar surface area (TPSA) is 70.9 Å². The van der Waals surface area contributed by atoms with Gasteiger partial charge in [-0.2, -0.15) is 5.26 Å².